The lowest BCUT2D eigenvalue weighted by atomic mass is 10.1. The Morgan fingerprint density at radius 2 is 2.21 bits per heavy atom. The first-order valence-electron chi connectivity index (χ1n) is 4.26. The van der Waals surface area contributed by atoms with E-state index in [1.807, 2.05) is 31.5 Å². The van der Waals surface area contributed by atoms with Crippen LogP contribution in [0.15, 0.2) is 49.7 Å². The van der Waals surface area contributed by atoms with Crippen LogP contribution in [0.4, 0.5) is 0 Å². The highest BCUT2D eigenvalue weighted by atomic mass is 15.4. The van der Waals surface area contributed by atoms with Crippen molar-refractivity contribution in [3.63, 3.8) is 0 Å². The summed E-state index contributed by atoms with van der Waals surface area (Å²) in [4.78, 5) is 0. The maximum absolute atomic E-state index is 4.00. The number of aromatic nitrogens is 3. The Balaban J connectivity index is 3.00. The number of rotatable bonds is 4. The average molecular weight is 187 g/mol. The van der Waals surface area contributed by atoms with Gasteiger partial charge in [0, 0.05) is 12.6 Å². The molecule has 0 saturated heterocycles. The zero-order chi connectivity index (χ0) is 10.4. The number of aryl methyl sites for hydroxylation is 1. The third-order valence-electron chi connectivity index (χ3n) is 1.61. The molecule has 3 nitrogen and oxygen atoms in total. The lowest BCUT2D eigenvalue weighted by molar-refractivity contribution is 0.714. The number of hydrogen-bond donors (Lipinski definition) is 0. The highest BCUT2D eigenvalue weighted by Crippen LogP contribution is 2.12. The molecule has 0 aliphatic carbocycles. The van der Waals surface area contributed by atoms with Crippen LogP contribution >= 0.6 is 0 Å². The Morgan fingerprint density at radius 3 is 2.71 bits per heavy atom. The maximum atomic E-state index is 4.00. The second-order valence-corrected chi connectivity index (χ2v) is 2.73. The van der Waals surface area contributed by atoms with Crippen molar-refractivity contribution >= 4 is 5.57 Å². The van der Waals surface area contributed by atoms with Crippen LogP contribution in [0.1, 0.15) is 5.69 Å². The smallest absolute Gasteiger partial charge is 0.113 e. The summed E-state index contributed by atoms with van der Waals surface area (Å²) in [5.41, 5.74) is 1.79. The lowest BCUT2D eigenvalue weighted by Crippen LogP contribution is -1.85. The van der Waals surface area contributed by atoms with Crippen molar-refractivity contribution in [1.29, 1.82) is 0 Å². The molecule has 0 amide bonds. The van der Waals surface area contributed by atoms with Gasteiger partial charge in [0.05, 0.1) is 6.20 Å². The Kier molecular flexibility index (Phi) is 3.61. The van der Waals surface area contributed by atoms with Gasteiger partial charge in [-0.05, 0) is 0 Å². The van der Waals surface area contributed by atoms with Crippen LogP contribution in [0, 0.1) is 0 Å². The summed E-state index contributed by atoms with van der Waals surface area (Å²) in [5, 5.41) is 7.86. The molecule has 0 unspecified atom stereocenters. The Morgan fingerprint density at radius 1 is 1.43 bits per heavy atom. The van der Waals surface area contributed by atoms with Crippen LogP contribution in [0.2, 0.25) is 0 Å². The minimum Gasteiger partial charge on any atom is -0.255 e. The van der Waals surface area contributed by atoms with Gasteiger partial charge in [0.25, 0.3) is 0 Å². The molecule has 0 aliphatic rings. The Bertz CT molecular complexity index is 383. The molecule has 0 aromatic carbocycles. The molecular formula is C11H13N3. The minimum atomic E-state index is 0.825. The predicted molar refractivity (Wildman–Crippen MR) is 58.5 cm³/mol. The van der Waals surface area contributed by atoms with Gasteiger partial charge < -0.3 is 0 Å². The molecule has 0 aliphatic heterocycles. The largest absolute Gasteiger partial charge is 0.255 e. The second-order valence-electron chi connectivity index (χ2n) is 2.73. The van der Waals surface area contributed by atoms with Crippen LogP contribution < -0.4 is 0 Å². The standard InChI is InChI=1S/C11H13N3/c1-4-6-8-10(7-5-2)11-9-14(3)13-12-11/h4-9H,1-2H2,3H3/b8-6-,10-7+. The fourth-order valence-electron chi connectivity index (χ4n) is 1.00. The summed E-state index contributed by atoms with van der Waals surface area (Å²) < 4.78 is 1.66. The molecule has 0 bridgehead atoms. The van der Waals surface area contributed by atoms with E-state index < -0.39 is 0 Å². The average Bonchev–Trinajstić information content (AvgIpc) is 2.59. The molecule has 0 fully saturated rings. The summed E-state index contributed by atoms with van der Waals surface area (Å²) in [7, 11) is 1.83. The number of nitrogens with zero attached hydrogens (tertiary/aromatic N) is 3. The minimum absolute atomic E-state index is 0.825. The van der Waals surface area contributed by atoms with Crippen molar-refractivity contribution in [2.75, 3.05) is 0 Å². The molecule has 0 saturated carbocycles. The van der Waals surface area contributed by atoms with E-state index in [-0.39, 0.29) is 0 Å². The van der Waals surface area contributed by atoms with Crippen LogP contribution in [0.25, 0.3) is 5.57 Å². The zero-order valence-electron chi connectivity index (χ0n) is 8.22. The Labute approximate surface area is 83.8 Å². The first-order chi connectivity index (χ1) is 6.77. The molecule has 1 heterocycles. The van der Waals surface area contributed by atoms with E-state index in [9.17, 15) is 0 Å². The highest BCUT2D eigenvalue weighted by Gasteiger charge is 2.00. The summed E-state index contributed by atoms with van der Waals surface area (Å²) in [6.45, 7) is 7.26. The first-order valence-corrected chi connectivity index (χ1v) is 4.26. The zero-order valence-corrected chi connectivity index (χ0v) is 8.22. The molecule has 72 valence electrons. The van der Waals surface area contributed by atoms with Gasteiger partial charge in [-0.15, -0.1) is 5.10 Å². The van der Waals surface area contributed by atoms with E-state index in [1.54, 1.807) is 16.8 Å². The monoisotopic (exact) mass is 187 g/mol. The normalized spacial score (nSPS) is 11.9. The molecule has 0 radical (unpaired) electrons. The van der Waals surface area contributed by atoms with Crippen LogP contribution in [0.5, 0.6) is 0 Å². The van der Waals surface area contributed by atoms with Gasteiger partial charge in [-0.2, -0.15) is 0 Å². The van der Waals surface area contributed by atoms with Gasteiger partial charge in [-0.3, -0.25) is 4.68 Å². The first kappa shape index (κ1) is 10.2. The van der Waals surface area contributed by atoms with Crippen LogP contribution in [-0.4, -0.2) is 15.0 Å². The molecule has 0 atom stereocenters. The van der Waals surface area contributed by atoms with E-state index in [1.165, 1.54) is 0 Å². The molecule has 3 heteroatoms. The second kappa shape index (κ2) is 4.97. The van der Waals surface area contributed by atoms with E-state index >= 15 is 0 Å². The van der Waals surface area contributed by atoms with E-state index in [2.05, 4.69) is 23.5 Å². The maximum Gasteiger partial charge on any atom is 0.113 e. The molecular weight excluding hydrogens is 174 g/mol. The van der Waals surface area contributed by atoms with Crippen molar-refractivity contribution in [1.82, 2.24) is 15.0 Å². The topological polar surface area (TPSA) is 30.7 Å². The van der Waals surface area contributed by atoms with Crippen LogP contribution in [0.3, 0.4) is 0 Å². The van der Waals surface area contributed by atoms with Crippen molar-refractivity contribution in [3.05, 3.63) is 55.4 Å². The van der Waals surface area contributed by atoms with Crippen molar-refractivity contribution in [2.45, 2.75) is 0 Å². The number of allylic oxidation sites excluding steroid dienone is 6. The fourth-order valence-corrected chi connectivity index (χ4v) is 1.00. The molecule has 0 spiro atoms. The Hall–Kier alpha value is -1.90. The van der Waals surface area contributed by atoms with Crippen LogP contribution in [-0.2, 0) is 7.05 Å². The third-order valence-corrected chi connectivity index (χ3v) is 1.61. The van der Waals surface area contributed by atoms with Gasteiger partial charge in [0.1, 0.15) is 5.69 Å². The highest BCUT2D eigenvalue weighted by molar-refractivity contribution is 5.72. The number of hydrogen-bond acceptors (Lipinski definition) is 2. The summed E-state index contributed by atoms with van der Waals surface area (Å²) in [5.74, 6) is 0. The van der Waals surface area contributed by atoms with E-state index in [0.717, 1.165) is 11.3 Å². The van der Waals surface area contributed by atoms with Gasteiger partial charge in [-0.1, -0.05) is 48.8 Å². The van der Waals surface area contributed by atoms with E-state index in [0.29, 0.717) is 0 Å². The van der Waals surface area contributed by atoms with Gasteiger partial charge >= 0.3 is 0 Å². The quantitative estimate of drug-likeness (QED) is 0.676. The van der Waals surface area contributed by atoms with Gasteiger partial charge in [-0.25, -0.2) is 0 Å². The summed E-state index contributed by atoms with van der Waals surface area (Å²) in [6.07, 6.45) is 10.9. The summed E-state index contributed by atoms with van der Waals surface area (Å²) in [6, 6.07) is 0. The fraction of sp³-hybridized carbons (Fsp3) is 0.0909. The summed E-state index contributed by atoms with van der Waals surface area (Å²) >= 11 is 0. The molecule has 0 N–H and O–H groups in total. The third kappa shape index (κ3) is 2.55. The van der Waals surface area contributed by atoms with Crippen molar-refractivity contribution < 1.29 is 0 Å². The van der Waals surface area contributed by atoms with Gasteiger partial charge in [0.15, 0.2) is 0 Å². The van der Waals surface area contributed by atoms with Crippen molar-refractivity contribution in [3.8, 4) is 0 Å². The molecule has 1 aromatic rings. The van der Waals surface area contributed by atoms with Crippen molar-refractivity contribution in [2.24, 2.45) is 7.05 Å². The van der Waals surface area contributed by atoms with E-state index in [4.69, 9.17) is 0 Å². The van der Waals surface area contributed by atoms with Gasteiger partial charge in [0.2, 0.25) is 0 Å². The SMILES string of the molecule is C=C/C=C\C(=C/C=C)c1cn(C)nn1. The lowest BCUT2D eigenvalue weighted by Gasteiger charge is -1.92. The predicted octanol–water partition coefficient (Wildman–Crippen LogP) is 2.13. The molecule has 1 rings (SSSR count). The molecule has 14 heavy (non-hydrogen) atoms. The molecule has 1 aromatic heterocycles.